The molecular weight excluding hydrogens is 292 g/mol. The van der Waals surface area contributed by atoms with Crippen molar-refractivity contribution >= 4 is 11.3 Å². The first-order chi connectivity index (χ1) is 10.8. The van der Waals surface area contributed by atoms with Crippen LogP contribution in [-0.2, 0) is 32.9 Å². The second kappa shape index (κ2) is 6.13. The number of hydrogen-bond acceptors (Lipinski definition) is 4. The van der Waals surface area contributed by atoms with E-state index >= 15 is 0 Å². The molecule has 4 nitrogen and oxygen atoms in total. The lowest BCUT2D eigenvalue weighted by atomic mass is 9.94. The normalized spacial score (nSPS) is 22.1. The number of aromatic nitrogens is 3. The Morgan fingerprint density at radius 2 is 2.27 bits per heavy atom. The summed E-state index contributed by atoms with van der Waals surface area (Å²) in [6, 6.07) is 0. The third-order valence-electron chi connectivity index (χ3n) is 4.99. The molecule has 0 N–H and O–H groups in total. The topological polar surface area (TPSA) is 34.0 Å². The second-order valence-corrected chi connectivity index (χ2v) is 7.90. The molecule has 0 unspecified atom stereocenters. The first-order valence-electron chi connectivity index (χ1n) is 8.44. The number of fused-ring (bicyclic) bond motifs is 1. The molecule has 0 amide bonds. The Morgan fingerprint density at radius 1 is 1.32 bits per heavy atom. The van der Waals surface area contributed by atoms with Crippen molar-refractivity contribution in [3.8, 4) is 0 Å². The van der Waals surface area contributed by atoms with Gasteiger partial charge in [0.1, 0.15) is 10.8 Å². The summed E-state index contributed by atoms with van der Waals surface area (Å²) in [5, 5.41) is 1.34. The van der Waals surface area contributed by atoms with E-state index in [0.29, 0.717) is 0 Å². The summed E-state index contributed by atoms with van der Waals surface area (Å²) in [7, 11) is 2.10. The molecule has 2 aromatic rings. The van der Waals surface area contributed by atoms with E-state index in [-0.39, 0.29) is 0 Å². The lowest BCUT2D eigenvalue weighted by molar-refractivity contribution is 0.165. The molecule has 0 spiro atoms. The fraction of sp³-hybridized carbons (Fsp3) is 0.647. The van der Waals surface area contributed by atoms with Crippen LogP contribution in [0.1, 0.15) is 40.7 Å². The standard InChI is InChI=1S/C17H24N4S/c1-20-9-7-18-16(20)10-13-4-3-8-21(11-13)12-17-19-14-5-2-6-15(14)22-17/h7,9,13H,2-6,8,10-12H2,1H3/t13-/m1/s1. The minimum Gasteiger partial charge on any atom is -0.338 e. The summed E-state index contributed by atoms with van der Waals surface area (Å²) < 4.78 is 2.16. The van der Waals surface area contributed by atoms with Crippen molar-refractivity contribution in [3.05, 3.63) is 33.8 Å². The number of thiazole rings is 1. The molecule has 0 radical (unpaired) electrons. The van der Waals surface area contributed by atoms with Gasteiger partial charge in [0.25, 0.3) is 0 Å². The smallest absolute Gasteiger partial charge is 0.108 e. The molecular formula is C17H24N4S. The van der Waals surface area contributed by atoms with Crippen LogP contribution in [0.25, 0.3) is 0 Å². The molecule has 22 heavy (non-hydrogen) atoms. The highest BCUT2D eigenvalue weighted by Gasteiger charge is 2.23. The first-order valence-corrected chi connectivity index (χ1v) is 9.25. The number of aryl methyl sites for hydroxylation is 3. The molecule has 0 bridgehead atoms. The highest BCUT2D eigenvalue weighted by atomic mass is 32.1. The zero-order chi connectivity index (χ0) is 14.9. The van der Waals surface area contributed by atoms with Gasteiger partial charge >= 0.3 is 0 Å². The Hall–Kier alpha value is -1.20. The summed E-state index contributed by atoms with van der Waals surface area (Å²) >= 11 is 1.96. The van der Waals surface area contributed by atoms with E-state index in [1.807, 2.05) is 23.7 Å². The van der Waals surface area contributed by atoms with Gasteiger partial charge in [0.15, 0.2) is 0 Å². The molecule has 3 heterocycles. The Morgan fingerprint density at radius 3 is 3.09 bits per heavy atom. The average molecular weight is 316 g/mol. The molecule has 118 valence electrons. The van der Waals surface area contributed by atoms with Crippen LogP contribution in [0.4, 0.5) is 0 Å². The molecule has 1 atom stereocenters. The lowest BCUT2D eigenvalue weighted by Gasteiger charge is -2.32. The van der Waals surface area contributed by atoms with Crippen LogP contribution in [-0.4, -0.2) is 32.5 Å². The van der Waals surface area contributed by atoms with Gasteiger partial charge in [-0.25, -0.2) is 9.97 Å². The van der Waals surface area contributed by atoms with Gasteiger partial charge in [0.2, 0.25) is 0 Å². The maximum Gasteiger partial charge on any atom is 0.108 e. The van der Waals surface area contributed by atoms with Crippen molar-refractivity contribution in [1.29, 1.82) is 0 Å². The largest absolute Gasteiger partial charge is 0.338 e. The third kappa shape index (κ3) is 2.97. The van der Waals surface area contributed by atoms with Crippen LogP contribution in [0.5, 0.6) is 0 Å². The van der Waals surface area contributed by atoms with E-state index in [4.69, 9.17) is 4.98 Å². The summed E-state index contributed by atoms with van der Waals surface area (Å²) in [5.41, 5.74) is 1.39. The Labute approximate surface area is 136 Å². The van der Waals surface area contributed by atoms with Crippen LogP contribution in [0.2, 0.25) is 0 Å². The number of hydrogen-bond donors (Lipinski definition) is 0. The summed E-state index contributed by atoms with van der Waals surface area (Å²) in [4.78, 5) is 13.5. The number of likely N-dealkylation sites (tertiary alicyclic amines) is 1. The molecule has 1 aliphatic carbocycles. The molecule has 0 aromatic carbocycles. The molecule has 1 saturated heterocycles. The van der Waals surface area contributed by atoms with Crippen molar-refractivity contribution in [2.45, 2.75) is 45.1 Å². The van der Waals surface area contributed by atoms with E-state index in [1.54, 1.807) is 4.88 Å². The molecule has 2 aliphatic rings. The molecule has 0 saturated carbocycles. The lowest BCUT2D eigenvalue weighted by Crippen LogP contribution is -2.36. The van der Waals surface area contributed by atoms with Crippen molar-refractivity contribution in [2.24, 2.45) is 13.0 Å². The Balaban J connectivity index is 1.37. The molecule has 5 heteroatoms. The fourth-order valence-corrected chi connectivity index (χ4v) is 5.01. The molecule has 1 aliphatic heterocycles. The highest BCUT2D eigenvalue weighted by Crippen LogP contribution is 2.29. The van der Waals surface area contributed by atoms with Gasteiger partial charge in [-0.2, -0.15) is 0 Å². The maximum atomic E-state index is 4.86. The van der Waals surface area contributed by atoms with E-state index in [9.17, 15) is 0 Å². The van der Waals surface area contributed by atoms with Gasteiger partial charge in [-0.1, -0.05) is 0 Å². The SMILES string of the molecule is Cn1ccnc1C[C@H]1CCCN(Cc2nc3c(s2)CCC3)C1. The van der Waals surface area contributed by atoms with Gasteiger partial charge < -0.3 is 4.57 Å². The average Bonchev–Trinajstić information content (AvgIpc) is 3.17. The van der Waals surface area contributed by atoms with Crippen LogP contribution in [0.3, 0.4) is 0 Å². The molecule has 2 aromatic heterocycles. The van der Waals surface area contributed by atoms with Crippen LogP contribution >= 0.6 is 11.3 Å². The molecule has 4 rings (SSSR count). The van der Waals surface area contributed by atoms with E-state index in [2.05, 4.69) is 21.5 Å². The maximum absolute atomic E-state index is 4.86. The zero-order valence-corrected chi connectivity index (χ0v) is 14.1. The van der Waals surface area contributed by atoms with E-state index < -0.39 is 0 Å². The van der Waals surface area contributed by atoms with Crippen molar-refractivity contribution in [1.82, 2.24) is 19.4 Å². The van der Waals surface area contributed by atoms with Crippen LogP contribution in [0.15, 0.2) is 12.4 Å². The van der Waals surface area contributed by atoms with Crippen LogP contribution in [0, 0.1) is 5.92 Å². The quantitative estimate of drug-likeness (QED) is 0.870. The monoisotopic (exact) mass is 316 g/mol. The Kier molecular flexibility index (Phi) is 4.01. The highest BCUT2D eigenvalue weighted by molar-refractivity contribution is 7.11. The van der Waals surface area contributed by atoms with Crippen molar-refractivity contribution in [3.63, 3.8) is 0 Å². The summed E-state index contributed by atoms with van der Waals surface area (Å²) in [6.07, 6.45) is 11.5. The molecule has 1 fully saturated rings. The predicted octanol–water partition coefficient (Wildman–Crippen LogP) is 2.82. The minimum atomic E-state index is 0.738. The zero-order valence-electron chi connectivity index (χ0n) is 13.3. The summed E-state index contributed by atoms with van der Waals surface area (Å²) in [5.74, 6) is 1.96. The predicted molar refractivity (Wildman–Crippen MR) is 89.1 cm³/mol. The number of imidazole rings is 1. The number of piperidine rings is 1. The second-order valence-electron chi connectivity index (χ2n) is 6.73. The van der Waals surface area contributed by atoms with Crippen molar-refractivity contribution < 1.29 is 0 Å². The fourth-order valence-electron chi connectivity index (χ4n) is 3.82. The van der Waals surface area contributed by atoms with Gasteiger partial charge in [0.05, 0.1) is 12.2 Å². The van der Waals surface area contributed by atoms with E-state index in [1.165, 1.54) is 61.7 Å². The third-order valence-corrected chi connectivity index (χ3v) is 6.14. The van der Waals surface area contributed by atoms with Gasteiger partial charge in [-0.15, -0.1) is 11.3 Å². The van der Waals surface area contributed by atoms with Crippen molar-refractivity contribution in [2.75, 3.05) is 13.1 Å². The first kappa shape index (κ1) is 14.4. The minimum absolute atomic E-state index is 0.738. The summed E-state index contributed by atoms with van der Waals surface area (Å²) in [6.45, 7) is 3.47. The van der Waals surface area contributed by atoms with E-state index in [0.717, 1.165) is 18.9 Å². The Bertz CT molecular complexity index is 623. The van der Waals surface area contributed by atoms with Gasteiger partial charge in [0, 0.05) is 37.3 Å². The number of nitrogens with zero attached hydrogens (tertiary/aromatic N) is 4. The van der Waals surface area contributed by atoms with Gasteiger partial charge in [-0.05, 0) is 44.6 Å². The number of rotatable bonds is 4. The van der Waals surface area contributed by atoms with Gasteiger partial charge in [-0.3, -0.25) is 4.90 Å². The van der Waals surface area contributed by atoms with Crippen LogP contribution < -0.4 is 0 Å².